The normalized spacial score (nSPS) is 12.9. The molecule has 0 spiro atoms. The summed E-state index contributed by atoms with van der Waals surface area (Å²) in [6.45, 7) is 4.05. The first-order valence-corrected chi connectivity index (χ1v) is 15.3. The Morgan fingerprint density at radius 2 is 1.53 bits per heavy atom. The van der Waals surface area contributed by atoms with Crippen molar-refractivity contribution in [3.8, 4) is 0 Å². The zero-order valence-corrected chi connectivity index (χ0v) is 25.5. The van der Waals surface area contributed by atoms with Crippen LogP contribution in [-0.4, -0.2) is 49.5 Å². The predicted molar refractivity (Wildman–Crippen MR) is 157 cm³/mol. The second-order valence-corrected chi connectivity index (χ2v) is 13.3. The molecule has 3 aromatic carbocycles. The number of sulfonamides is 1. The molecule has 13 heteroatoms. The van der Waals surface area contributed by atoms with E-state index in [1.165, 1.54) is 24.3 Å². The summed E-state index contributed by atoms with van der Waals surface area (Å²) in [6.07, 6.45) is -4.05. The minimum atomic E-state index is -4.81. The summed E-state index contributed by atoms with van der Waals surface area (Å²) in [7, 11) is -4.36. The molecule has 0 unspecified atom stereocenters. The van der Waals surface area contributed by atoms with Gasteiger partial charge in [0, 0.05) is 18.5 Å². The summed E-state index contributed by atoms with van der Waals surface area (Å²) in [4.78, 5) is 28.9. The molecule has 0 aliphatic rings. The first kappa shape index (κ1) is 33.9. The minimum Gasteiger partial charge on any atom is -0.350 e. The van der Waals surface area contributed by atoms with Gasteiger partial charge in [0.15, 0.2) is 0 Å². The highest BCUT2D eigenvalue weighted by molar-refractivity contribution is 7.92. The fourth-order valence-corrected chi connectivity index (χ4v) is 5.39. The summed E-state index contributed by atoms with van der Waals surface area (Å²) in [5, 5.41) is 2.52. The van der Waals surface area contributed by atoms with Crippen molar-refractivity contribution in [3.63, 3.8) is 0 Å². The minimum absolute atomic E-state index is 0.0267. The molecule has 43 heavy (non-hydrogen) atoms. The maximum absolute atomic E-state index is 14.0. The van der Waals surface area contributed by atoms with E-state index in [4.69, 9.17) is 11.6 Å². The standard InChI is InChI=1S/C30H32ClF4N3O4S/c1-29(2,3)36-28(40)26(16-20-8-6-5-7-9-20)37(18-21-10-13-23(32)14-11-21)27(39)19-38(43(4,41)42)25-17-22(30(33,34)35)12-15-24(25)31/h5-15,17,26H,16,18-19H2,1-4H3,(H,36,40)/t26-/m0/s1. The number of anilines is 1. The van der Waals surface area contributed by atoms with Gasteiger partial charge in [-0.2, -0.15) is 13.2 Å². The number of benzene rings is 3. The van der Waals surface area contributed by atoms with Crippen LogP contribution in [0.2, 0.25) is 5.02 Å². The monoisotopic (exact) mass is 641 g/mol. The number of hydrogen-bond acceptors (Lipinski definition) is 4. The zero-order chi connectivity index (χ0) is 32.2. The highest BCUT2D eigenvalue weighted by atomic mass is 35.5. The highest BCUT2D eigenvalue weighted by Gasteiger charge is 2.36. The van der Waals surface area contributed by atoms with Crippen molar-refractivity contribution in [2.75, 3.05) is 17.1 Å². The molecule has 232 valence electrons. The van der Waals surface area contributed by atoms with Crippen molar-refractivity contribution in [1.29, 1.82) is 0 Å². The Morgan fingerprint density at radius 1 is 0.930 bits per heavy atom. The van der Waals surface area contributed by atoms with Crippen molar-refractivity contribution in [1.82, 2.24) is 10.2 Å². The molecule has 2 amide bonds. The average Bonchev–Trinajstić information content (AvgIpc) is 2.89. The van der Waals surface area contributed by atoms with Gasteiger partial charge in [-0.25, -0.2) is 12.8 Å². The van der Waals surface area contributed by atoms with Crippen LogP contribution in [0.4, 0.5) is 23.2 Å². The molecule has 1 N–H and O–H groups in total. The van der Waals surface area contributed by atoms with Gasteiger partial charge in [0.1, 0.15) is 18.4 Å². The van der Waals surface area contributed by atoms with E-state index in [0.717, 1.165) is 17.2 Å². The van der Waals surface area contributed by atoms with Crippen molar-refractivity contribution in [3.05, 3.63) is 100 Å². The van der Waals surface area contributed by atoms with Crippen molar-refractivity contribution >= 4 is 39.1 Å². The topological polar surface area (TPSA) is 86.8 Å². The second-order valence-electron chi connectivity index (χ2n) is 11.0. The summed E-state index contributed by atoms with van der Waals surface area (Å²) < 4.78 is 80.4. The summed E-state index contributed by atoms with van der Waals surface area (Å²) in [5.41, 5.74) is -1.30. The van der Waals surface area contributed by atoms with E-state index in [1.54, 1.807) is 51.1 Å². The van der Waals surface area contributed by atoms with Crippen LogP contribution in [0, 0.1) is 5.82 Å². The molecule has 0 aliphatic carbocycles. The van der Waals surface area contributed by atoms with E-state index in [2.05, 4.69) is 5.32 Å². The largest absolute Gasteiger partial charge is 0.416 e. The lowest BCUT2D eigenvalue weighted by molar-refractivity contribution is -0.140. The Hall–Kier alpha value is -3.64. The van der Waals surface area contributed by atoms with Gasteiger partial charge in [-0.05, 0) is 62.2 Å². The molecule has 0 radical (unpaired) electrons. The molecule has 0 bridgehead atoms. The van der Waals surface area contributed by atoms with Crippen LogP contribution in [0.5, 0.6) is 0 Å². The van der Waals surface area contributed by atoms with E-state index in [1.807, 2.05) is 0 Å². The Kier molecular flexibility index (Phi) is 10.5. The number of nitrogens with zero attached hydrogens (tertiary/aromatic N) is 2. The van der Waals surface area contributed by atoms with Crippen LogP contribution in [0.1, 0.15) is 37.5 Å². The van der Waals surface area contributed by atoms with Crippen LogP contribution in [0.25, 0.3) is 0 Å². The van der Waals surface area contributed by atoms with E-state index < -0.39 is 63.2 Å². The van der Waals surface area contributed by atoms with Gasteiger partial charge in [0.05, 0.1) is 22.5 Å². The van der Waals surface area contributed by atoms with Gasteiger partial charge < -0.3 is 10.2 Å². The molecule has 0 fully saturated rings. The molecule has 3 aromatic rings. The molecule has 0 heterocycles. The van der Waals surface area contributed by atoms with Crippen LogP contribution in [0.3, 0.4) is 0 Å². The number of amides is 2. The van der Waals surface area contributed by atoms with Crippen molar-refractivity contribution in [2.24, 2.45) is 0 Å². The Morgan fingerprint density at radius 3 is 2.07 bits per heavy atom. The number of carbonyl (C=O) groups is 2. The molecule has 0 aliphatic heterocycles. The van der Waals surface area contributed by atoms with Gasteiger partial charge in [-0.3, -0.25) is 13.9 Å². The van der Waals surface area contributed by atoms with Gasteiger partial charge in [-0.1, -0.05) is 54.1 Å². The molecular formula is C30H32ClF4N3O4S. The molecule has 0 aromatic heterocycles. The molecule has 3 rings (SSSR count). The Bertz CT molecular complexity index is 1540. The zero-order valence-electron chi connectivity index (χ0n) is 24.0. The highest BCUT2D eigenvalue weighted by Crippen LogP contribution is 2.36. The number of rotatable bonds is 10. The van der Waals surface area contributed by atoms with Crippen molar-refractivity contribution < 1.29 is 35.6 Å². The van der Waals surface area contributed by atoms with Crippen LogP contribution < -0.4 is 9.62 Å². The second kappa shape index (κ2) is 13.3. The molecule has 0 saturated carbocycles. The van der Waals surface area contributed by atoms with Crippen LogP contribution in [0.15, 0.2) is 72.8 Å². The fraction of sp³-hybridized carbons (Fsp3) is 0.333. The Balaban J connectivity index is 2.13. The lowest BCUT2D eigenvalue weighted by Crippen LogP contribution is -2.56. The maximum Gasteiger partial charge on any atom is 0.416 e. The first-order valence-electron chi connectivity index (χ1n) is 13.1. The van der Waals surface area contributed by atoms with Gasteiger partial charge in [0.25, 0.3) is 0 Å². The summed E-state index contributed by atoms with van der Waals surface area (Å²) in [6, 6.07) is 14.9. The van der Waals surface area contributed by atoms with Gasteiger partial charge in [-0.15, -0.1) is 0 Å². The Labute approximate surface area is 253 Å². The van der Waals surface area contributed by atoms with Gasteiger partial charge >= 0.3 is 6.18 Å². The molecular weight excluding hydrogens is 610 g/mol. The van der Waals surface area contributed by atoms with E-state index in [0.29, 0.717) is 27.6 Å². The summed E-state index contributed by atoms with van der Waals surface area (Å²) >= 11 is 6.15. The predicted octanol–water partition coefficient (Wildman–Crippen LogP) is 5.82. The quantitative estimate of drug-likeness (QED) is 0.283. The first-order chi connectivity index (χ1) is 19.8. The smallest absolute Gasteiger partial charge is 0.350 e. The number of alkyl halides is 3. The van der Waals surface area contributed by atoms with Gasteiger partial charge in [0.2, 0.25) is 21.8 Å². The number of hydrogen-bond donors (Lipinski definition) is 1. The molecule has 7 nitrogen and oxygen atoms in total. The lowest BCUT2D eigenvalue weighted by Gasteiger charge is -2.35. The molecule has 0 saturated heterocycles. The van der Waals surface area contributed by atoms with E-state index in [-0.39, 0.29) is 18.0 Å². The third-order valence-corrected chi connectivity index (χ3v) is 7.70. The third kappa shape index (κ3) is 9.69. The third-order valence-electron chi connectivity index (χ3n) is 6.26. The molecule has 1 atom stereocenters. The number of nitrogens with one attached hydrogen (secondary N) is 1. The fourth-order valence-electron chi connectivity index (χ4n) is 4.27. The SMILES string of the molecule is CC(C)(C)NC(=O)[C@H](Cc1ccccc1)N(Cc1ccc(F)cc1)C(=O)CN(c1cc(C(F)(F)F)ccc1Cl)S(C)(=O)=O. The van der Waals surface area contributed by atoms with Crippen molar-refractivity contribution in [2.45, 2.75) is 51.5 Å². The number of halogens is 5. The van der Waals surface area contributed by atoms with Crippen LogP contribution >= 0.6 is 11.6 Å². The average molecular weight is 642 g/mol. The lowest BCUT2D eigenvalue weighted by atomic mass is 10.0. The van der Waals surface area contributed by atoms with E-state index >= 15 is 0 Å². The van der Waals surface area contributed by atoms with Crippen LogP contribution in [-0.2, 0) is 38.8 Å². The number of carbonyl (C=O) groups excluding carboxylic acids is 2. The summed E-state index contributed by atoms with van der Waals surface area (Å²) in [5.74, 6) is -1.97. The van der Waals surface area contributed by atoms with E-state index in [9.17, 15) is 35.6 Å². The maximum atomic E-state index is 14.0.